The van der Waals surface area contributed by atoms with Gasteiger partial charge in [-0.3, -0.25) is 9.59 Å². The van der Waals surface area contributed by atoms with E-state index in [2.05, 4.69) is 0 Å². The number of carbonyl (C=O) groups is 2. The van der Waals surface area contributed by atoms with Crippen LogP contribution in [0.4, 0.5) is 0 Å². The Morgan fingerprint density at radius 3 is 2.26 bits per heavy atom. The molecule has 0 unspecified atom stereocenters. The van der Waals surface area contributed by atoms with Gasteiger partial charge in [0.05, 0.1) is 11.6 Å². The van der Waals surface area contributed by atoms with Gasteiger partial charge in [0.2, 0.25) is 0 Å². The van der Waals surface area contributed by atoms with Gasteiger partial charge in [-0.25, -0.2) is 0 Å². The summed E-state index contributed by atoms with van der Waals surface area (Å²) in [6.07, 6.45) is 0. The molecule has 0 aliphatic carbocycles. The Morgan fingerprint density at radius 1 is 1.11 bits per heavy atom. The third-order valence-electron chi connectivity index (χ3n) is 3.24. The van der Waals surface area contributed by atoms with Crippen LogP contribution in [0.15, 0.2) is 24.3 Å². The van der Waals surface area contributed by atoms with E-state index < -0.39 is 11.8 Å². The Kier molecular flexibility index (Phi) is 3.81. The van der Waals surface area contributed by atoms with Crippen LogP contribution in [0.25, 0.3) is 0 Å². The normalized spacial score (nSPS) is 15.6. The molecule has 98 valence electrons. The van der Waals surface area contributed by atoms with Gasteiger partial charge in [0.1, 0.15) is 0 Å². The molecular weight excluding hydrogens is 242 g/mol. The average molecular weight is 257 g/mol. The molecule has 2 rings (SSSR count). The molecule has 1 aromatic carbocycles. The zero-order chi connectivity index (χ0) is 13.8. The molecular formula is C14H15N3O2. The minimum atomic E-state index is -0.447. The standard InChI is InChI=1S/C14H15N3O2/c1-2-16-7-8-17(14(19)13(16)18)10-12-5-3-11(9-15)4-6-12/h3-6H,2,7-8,10H2,1H3. The third kappa shape index (κ3) is 2.74. The molecule has 0 saturated carbocycles. The summed E-state index contributed by atoms with van der Waals surface area (Å²) in [6, 6.07) is 9.09. The minimum Gasteiger partial charge on any atom is -0.333 e. The lowest BCUT2D eigenvalue weighted by molar-refractivity contribution is -0.156. The summed E-state index contributed by atoms with van der Waals surface area (Å²) in [5, 5.41) is 8.72. The number of hydrogen-bond donors (Lipinski definition) is 0. The molecule has 1 aliphatic rings. The second-order valence-electron chi connectivity index (χ2n) is 4.42. The number of piperazine rings is 1. The van der Waals surface area contributed by atoms with Crippen molar-refractivity contribution in [2.24, 2.45) is 0 Å². The molecule has 0 spiro atoms. The summed E-state index contributed by atoms with van der Waals surface area (Å²) in [7, 11) is 0. The maximum absolute atomic E-state index is 11.9. The summed E-state index contributed by atoms with van der Waals surface area (Å²) in [5.41, 5.74) is 1.51. The van der Waals surface area contributed by atoms with E-state index >= 15 is 0 Å². The molecule has 1 fully saturated rings. The molecule has 5 nitrogen and oxygen atoms in total. The minimum absolute atomic E-state index is 0.411. The molecule has 1 aromatic rings. The number of rotatable bonds is 3. The van der Waals surface area contributed by atoms with Gasteiger partial charge < -0.3 is 9.80 Å². The summed E-state index contributed by atoms with van der Waals surface area (Å²) in [5.74, 6) is -0.875. The predicted molar refractivity (Wildman–Crippen MR) is 68.8 cm³/mol. The van der Waals surface area contributed by atoms with Gasteiger partial charge in [-0.05, 0) is 24.6 Å². The second kappa shape index (κ2) is 5.53. The zero-order valence-corrected chi connectivity index (χ0v) is 10.8. The highest BCUT2D eigenvalue weighted by Crippen LogP contribution is 2.11. The highest BCUT2D eigenvalue weighted by Gasteiger charge is 2.31. The topological polar surface area (TPSA) is 64.4 Å². The summed E-state index contributed by atoms with van der Waals surface area (Å²) >= 11 is 0. The molecule has 0 radical (unpaired) electrons. The molecule has 2 amide bonds. The Hall–Kier alpha value is -2.35. The lowest BCUT2D eigenvalue weighted by Gasteiger charge is -2.33. The van der Waals surface area contributed by atoms with Crippen molar-refractivity contribution in [2.45, 2.75) is 13.5 Å². The second-order valence-corrected chi connectivity index (χ2v) is 4.42. The number of nitriles is 1. The van der Waals surface area contributed by atoms with Crippen molar-refractivity contribution >= 4 is 11.8 Å². The van der Waals surface area contributed by atoms with E-state index in [4.69, 9.17) is 5.26 Å². The van der Waals surface area contributed by atoms with Crippen LogP contribution in [0.3, 0.4) is 0 Å². The van der Waals surface area contributed by atoms with Crippen LogP contribution in [-0.2, 0) is 16.1 Å². The monoisotopic (exact) mass is 257 g/mol. The molecule has 0 atom stereocenters. The lowest BCUT2D eigenvalue weighted by atomic mass is 10.1. The van der Waals surface area contributed by atoms with Gasteiger partial charge in [0.25, 0.3) is 0 Å². The lowest BCUT2D eigenvalue weighted by Crippen LogP contribution is -2.53. The Balaban J connectivity index is 2.05. The van der Waals surface area contributed by atoms with E-state index in [0.29, 0.717) is 31.7 Å². The zero-order valence-electron chi connectivity index (χ0n) is 10.8. The molecule has 0 bridgehead atoms. The fourth-order valence-corrected chi connectivity index (χ4v) is 2.07. The molecule has 0 N–H and O–H groups in total. The maximum atomic E-state index is 11.9. The first kappa shape index (κ1) is 13.1. The predicted octanol–water partition coefficient (Wildman–Crippen LogP) is 0.749. The van der Waals surface area contributed by atoms with Crippen molar-refractivity contribution < 1.29 is 9.59 Å². The van der Waals surface area contributed by atoms with Crippen LogP contribution < -0.4 is 0 Å². The van der Waals surface area contributed by atoms with Crippen molar-refractivity contribution in [1.82, 2.24) is 9.80 Å². The van der Waals surface area contributed by atoms with Crippen molar-refractivity contribution in [3.8, 4) is 6.07 Å². The van der Waals surface area contributed by atoms with E-state index in [-0.39, 0.29) is 0 Å². The SMILES string of the molecule is CCN1CCN(Cc2ccc(C#N)cc2)C(=O)C1=O. The third-order valence-corrected chi connectivity index (χ3v) is 3.24. The summed E-state index contributed by atoms with van der Waals surface area (Å²) in [6.45, 7) is 3.97. The molecule has 19 heavy (non-hydrogen) atoms. The first-order valence-corrected chi connectivity index (χ1v) is 6.23. The number of hydrogen-bond acceptors (Lipinski definition) is 3. The van der Waals surface area contributed by atoms with E-state index in [9.17, 15) is 9.59 Å². The smallest absolute Gasteiger partial charge is 0.312 e. The van der Waals surface area contributed by atoms with Crippen molar-refractivity contribution in [3.63, 3.8) is 0 Å². The van der Waals surface area contributed by atoms with E-state index in [1.165, 1.54) is 0 Å². The first-order chi connectivity index (χ1) is 9.15. The van der Waals surface area contributed by atoms with Gasteiger partial charge in [-0.2, -0.15) is 5.26 Å². The summed E-state index contributed by atoms with van der Waals surface area (Å²) in [4.78, 5) is 26.8. The van der Waals surface area contributed by atoms with Crippen LogP contribution in [0, 0.1) is 11.3 Å². The Morgan fingerprint density at radius 2 is 1.68 bits per heavy atom. The van der Waals surface area contributed by atoms with Crippen LogP contribution in [0.2, 0.25) is 0 Å². The largest absolute Gasteiger partial charge is 0.333 e. The maximum Gasteiger partial charge on any atom is 0.312 e. The van der Waals surface area contributed by atoms with E-state index in [1.807, 2.05) is 25.1 Å². The highest BCUT2D eigenvalue weighted by atomic mass is 16.2. The van der Waals surface area contributed by atoms with Gasteiger partial charge >= 0.3 is 11.8 Å². The number of benzene rings is 1. The molecule has 1 aliphatic heterocycles. The average Bonchev–Trinajstić information content (AvgIpc) is 2.45. The number of likely N-dealkylation sites (N-methyl/N-ethyl adjacent to an activating group) is 1. The van der Waals surface area contributed by atoms with Crippen LogP contribution in [-0.4, -0.2) is 41.2 Å². The van der Waals surface area contributed by atoms with Crippen molar-refractivity contribution in [1.29, 1.82) is 5.26 Å². The van der Waals surface area contributed by atoms with Gasteiger partial charge in [-0.1, -0.05) is 12.1 Å². The molecule has 0 aromatic heterocycles. The van der Waals surface area contributed by atoms with E-state index in [1.54, 1.807) is 21.9 Å². The number of amides is 2. The van der Waals surface area contributed by atoms with Crippen LogP contribution >= 0.6 is 0 Å². The Bertz CT molecular complexity index is 531. The number of nitrogens with zero attached hydrogens (tertiary/aromatic N) is 3. The summed E-state index contributed by atoms with van der Waals surface area (Å²) < 4.78 is 0. The fraction of sp³-hybridized carbons (Fsp3) is 0.357. The molecule has 1 heterocycles. The quantitative estimate of drug-likeness (QED) is 0.750. The first-order valence-electron chi connectivity index (χ1n) is 6.23. The van der Waals surface area contributed by atoms with E-state index in [0.717, 1.165) is 5.56 Å². The van der Waals surface area contributed by atoms with Gasteiger partial charge in [0.15, 0.2) is 0 Å². The van der Waals surface area contributed by atoms with Gasteiger partial charge in [0, 0.05) is 26.2 Å². The fourth-order valence-electron chi connectivity index (χ4n) is 2.07. The van der Waals surface area contributed by atoms with Crippen molar-refractivity contribution in [3.05, 3.63) is 35.4 Å². The molecule has 5 heteroatoms. The molecule has 1 saturated heterocycles. The van der Waals surface area contributed by atoms with Crippen LogP contribution in [0.5, 0.6) is 0 Å². The van der Waals surface area contributed by atoms with Crippen LogP contribution in [0.1, 0.15) is 18.1 Å². The van der Waals surface area contributed by atoms with Gasteiger partial charge in [-0.15, -0.1) is 0 Å². The number of carbonyl (C=O) groups excluding carboxylic acids is 2. The highest BCUT2D eigenvalue weighted by molar-refractivity contribution is 6.35. The van der Waals surface area contributed by atoms with Crippen molar-refractivity contribution in [2.75, 3.05) is 19.6 Å². The Labute approximate surface area is 112 Å².